The highest BCUT2D eigenvalue weighted by Gasteiger charge is 2.34. The summed E-state index contributed by atoms with van der Waals surface area (Å²) in [5, 5.41) is 0. The third kappa shape index (κ3) is 3.23. The summed E-state index contributed by atoms with van der Waals surface area (Å²) >= 11 is 0. The SMILES string of the molecule is COc1cc(OC)c(Cc2cccc3c2C=C(C(N)=O)S3(O)O)c(OC)c1. The molecule has 0 spiro atoms. The fourth-order valence-corrected chi connectivity index (χ4v) is 4.71. The molecule has 1 aliphatic rings. The van der Waals surface area contributed by atoms with Crippen LogP contribution in [0.25, 0.3) is 6.08 Å². The second-order valence-corrected chi connectivity index (χ2v) is 7.92. The molecule has 8 heteroatoms. The summed E-state index contributed by atoms with van der Waals surface area (Å²) in [6.45, 7) is 0. The molecule has 1 amide bonds. The van der Waals surface area contributed by atoms with Gasteiger partial charge in [-0.05, 0) is 17.7 Å². The zero-order valence-electron chi connectivity index (χ0n) is 15.2. The van der Waals surface area contributed by atoms with Crippen molar-refractivity contribution in [2.24, 2.45) is 5.73 Å². The van der Waals surface area contributed by atoms with Crippen molar-refractivity contribution < 1.29 is 28.1 Å². The van der Waals surface area contributed by atoms with Gasteiger partial charge in [0.1, 0.15) is 22.2 Å². The predicted octanol–water partition coefficient (Wildman–Crippen LogP) is 3.25. The maximum absolute atomic E-state index is 11.6. The molecule has 144 valence electrons. The summed E-state index contributed by atoms with van der Waals surface area (Å²) in [6.07, 6.45) is 1.84. The lowest BCUT2D eigenvalue weighted by Crippen LogP contribution is -2.16. The Morgan fingerprint density at radius 3 is 2.22 bits per heavy atom. The van der Waals surface area contributed by atoms with E-state index in [0.717, 1.165) is 11.1 Å². The van der Waals surface area contributed by atoms with E-state index in [1.807, 2.05) is 6.07 Å². The standard InChI is InChI=1S/C19H21NO6S/c1-24-12-8-15(25-2)14(16(9-12)26-3)7-11-5-4-6-17-13(11)10-18(19(20)21)27(17,22)23/h4-6,8-10,22-23H,7H2,1-3H3,(H2,20,21). The van der Waals surface area contributed by atoms with Gasteiger partial charge in [-0.2, -0.15) is 0 Å². The molecular formula is C19H21NO6S. The van der Waals surface area contributed by atoms with E-state index in [1.54, 1.807) is 45.6 Å². The van der Waals surface area contributed by atoms with Gasteiger partial charge >= 0.3 is 0 Å². The van der Waals surface area contributed by atoms with Crippen LogP contribution in [-0.2, 0) is 11.2 Å². The fraction of sp³-hybridized carbons (Fsp3) is 0.211. The lowest BCUT2D eigenvalue weighted by Gasteiger charge is -2.29. The molecule has 0 bridgehead atoms. The van der Waals surface area contributed by atoms with Crippen LogP contribution in [0.5, 0.6) is 17.2 Å². The van der Waals surface area contributed by atoms with Crippen molar-refractivity contribution in [1.29, 1.82) is 0 Å². The molecule has 1 aliphatic heterocycles. The lowest BCUT2D eigenvalue weighted by atomic mass is 9.98. The minimum Gasteiger partial charge on any atom is -0.496 e. The number of hydrogen-bond donors (Lipinski definition) is 3. The van der Waals surface area contributed by atoms with Gasteiger partial charge in [-0.1, -0.05) is 12.1 Å². The summed E-state index contributed by atoms with van der Waals surface area (Å²) in [7, 11) is 1.26. The Balaban J connectivity index is 2.13. The normalized spacial score (nSPS) is 15.5. The van der Waals surface area contributed by atoms with Crippen LogP contribution < -0.4 is 19.9 Å². The second-order valence-electron chi connectivity index (χ2n) is 5.94. The second kappa shape index (κ2) is 7.15. The van der Waals surface area contributed by atoms with E-state index in [-0.39, 0.29) is 4.91 Å². The Morgan fingerprint density at radius 1 is 1.07 bits per heavy atom. The Hall–Kier alpha value is -2.68. The number of benzene rings is 2. The summed E-state index contributed by atoms with van der Waals surface area (Å²) in [4.78, 5) is 11.7. The average Bonchev–Trinajstić information content (AvgIpc) is 2.93. The Morgan fingerprint density at radius 2 is 1.70 bits per heavy atom. The Kier molecular flexibility index (Phi) is 5.05. The molecule has 7 nitrogen and oxygen atoms in total. The number of carbonyl (C=O) groups is 1. The first-order chi connectivity index (χ1) is 12.8. The Labute approximate surface area is 158 Å². The molecule has 0 aliphatic carbocycles. The molecule has 0 saturated heterocycles. The van der Waals surface area contributed by atoms with E-state index in [1.165, 1.54) is 6.08 Å². The number of ether oxygens (including phenoxy) is 3. The van der Waals surface area contributed by atoms with E-state index < -0.39 is 16.5 Å². The zero-order chi connectivity index (χ0) is 19.8. The summed E-state index contributed by atoms with van der Waals surface area (Å²) in [5.74, 6) is 0.896. The van der Waals surface area contributed by atoms with Crippen molar-refractivity contribution in [2.75, 3.05) is 21.3 Å². The van der Waals surface area contributed by atoms with E-state index in [0.29, 0.717) is 34.1 Å². The number of nitrogens with two attached hydrogens (primary N) is 1. The predicted molar refractivity (Wildman–Crippen MR) is 104 cm³/mol. The maximum Gasteiger partial charge on any atom is 0.265 e. The van der Waals surface area contributed by atoms with Crippen molar-refractivity contribution in [3.63, 3.8) is 0 Å². The van der Waals surface area contributed by atoms with Crippen molar-refractivity contribution >= 4 is 22.6 Å². The van der Waals surface area contributed by atoms with Crippen LogP contribution >= 0.6 is 10.6 Å². The van der Waals surface area contributed by atoms with Crippen LogP contribution in [0.3, 0.4) is 0 Å². The van der Waals surface area contributed by atoms with Gasteiger partial charge in [0.15, 0.2) is 0 Å². The van der Waals surface area contributed by atoms with Crippen LogP contribution in [0.1, 0.15) is 16.7 Å². The minimum absolute atomic E-state index is 0.182. The number of carbonyl (C=O) groups excluding carboxylic acids is 1. The molecule has 2 aromatic carbocycles. The minimum atomic E-state index is -3.40. The summed E-state index contributed by atoms with van der Waals surface area (Å²) in [5.41, 5.74) is 7.45. The summed E-state index contributed by atoms with van der Waals surface area (Å²) in [6, 6.07) is 8.64. The lowest BCUT2D eigenvalue weighted by molar-refractivity contribution is -0.113. The van der Waals surface area contributed by atoms with Crippen LogP contribution in [-0.4, -0.2) is 36.3 Å². The largest absolute Gasteiger partial charge is 0.496 e. The van der Waals surface area contributed by atoms with Gasteiger partial charge in [-0.15, -0.1) is 10.6 Å². The highest BCUT2D eigenvalue weighted by atomic mass is 32.3. The molecule has 0 saturated carbocycles. The number of rotatable bonds is 6. The van der Waals surface area contributed by atoms with E-state index in [9.17, 15) is 13.9 Å². The molecular weight excluding hydrogens is 370 g/mol. The molecule has 1 heterocycles. The quantitative estimate of drug-likeness (QED) is 0.697. The number of primary amides is 1. The first-order valence-corrected chi connectivity index (χ1v) is 9.58. The number of amides is 1. The molecule has 0 fully saturated rings. The van der Waals surface area contributed by atoms with Gasteiger partial charge in [0, 0.05) is 29.7 Å². The van der Waals surface area contributed by atoms with Gasteiger partial charge < -0.3 is 19.9 Å². The maximum atomic E-state index is 11.6. The third-order valence-corrected chi connectivity index (χ3v) is 6.37. The molecule has 0 atom stereocenters. The van der Waals surface area contributed by atoms with E-state index >= 15 is 0 Å². The van der Waals surface area contributed by atoms with Crippen molar-refractivity contribution in [3.05, 3.63) is 51.9 Å². The molecule has 3 rings (SSSR count). The number of methoxy groups -OCH3 is 3. The van der Waals surface area contributed by atoms with Gasteiger partial charge in [-0.3, -0.25) is 13.9 Å². The van der Waals surface area contributed by atoms with Crippen LogP contribution in [0.15, 0.2) is 40.1 Å². The van der Waals surface area contributed by atoms with E-state index in [2.05, 4.69) is 0 Å². The van der Waals surface area contributed by atoms with Crippen LogP contribution in [0.4, 0.5) is 0 Å². The van der Waals surface area contributed by atoms with Gasteiger partial charge in [-0.25, -0.2) is 0 Å². The summed E-state index contributed by atoms with van der Waals surface area (Å²) < 4.78 is 37.1. The third-order valence-electron chi connectivity index (χ3n) is 4.47. The molecule has 0 aromatic heterocycles. The monoisotopic (exact) mass is 391 g/mol. The topological polar surface area (TPSA) is 111 Å². The molecule has 0 radical (unpaired) electrons. The van der Waals surface area contributed by atoms with Crippen molar-refractivity contribution in [2.45, 2.75) is 11.3 Å². The number of fused-ring (bicyclic) bond motifs is 1. The van der Waals surface area contributed by atoms with Gasteiger partial charge in [0.05, 0.1) is 26.2 Å². The average molecular weight is 391 g/mol. The molecule has 27 heavy (non-hydrogen) atoms. The first kappa shape index (κ1) is 19.1. The van der Waals surface area contributed by atoms with Crippen molar-refractivity contribution in [1.82, 2.24) is 0 Å². The van der Waals surface area contributed by atoms with Crippen LogP contribution in [0, 0.1) is 0 Å². The fourth-order valence-electron chi connectivity index (χ4n) is 3.14. The molecule has 0 unspecified atom stereocenters. The highest BCUT2D eigenvalue weighted by molar-refractivity contribution is 8.28. The van der Waals surface area contributed by atoms with Crippen molar-refractivity contribution in [3.8, 4) is 17.2 Å². The van der Waals surface area contributed by atoms with Crippen LogP contribution in [0.2, 0.25) is 0 Å². The Bertz CT molecular complexity index is 913. The first-order valence-electron chi connectivity index (χ1n) is 8.04. The highest BCUT2D eigenvalue weighted by Crippen LogP contribution is 2.62. The molecule has 4 N–H and O–H groups in total. The number of hydrogen-bond acceptors (Lipinski definition) is 6. The smallest absolute Gasteiger partial charge is 0.265 e. The van der Waals surface area contributed by atoms with Gasteiger partial charge in [0.2, 0.25) is 0 Å². The molecule has 2 aromatic rings. The zero-order valence-corrected chi connectivity index (χ0v) is 16.0. The van der Waals surface area contributed by atoms with Gasteiger partial charge in [0.25, 0.3) is 5.91 Å². The van der Waals surface area contributed by atoms with E-state index in [4.69, 9.17) is 19.9 Å².